The van der Waals surface area contributed by atoms with Crippen LogP contribution < -0.4 is 11.5 Å². The zero-order chi connectivity index (χ0) is 14.8. The molecule has 0 aliphatic heterocycles. The quantitative estimate of drug-likeness (QED) is 0.871. The van der Waals surface area contributed by atoms with E-state index in [1.54, 1.807) is 18.2 Å². The Bertz CT molecular complexity index is 590. The Morgan fingerprint density at radius 3 is 2.40 bits per heavy atom. The SMILES string of the molecule is CC(c1ccccc1)C1(C(N)=O)C=CC=C(C(N)=O)C1. The van der Waals surface area contributed by atoms with Gasteiger partial charge < -0.3 is 11.5 Å². The summed E-state index contributed by atoms with van der Waals surface area (Å²) in [4.78, 5) is 23.4. The molecule has 0 bridgehead atoms. The maximum atomic E-state index is 12.1. The molecule has 1 aromatic carbocycles. The number of carbonyl (C=O) groups is 2. The Morgan fingerprint density at radius 2 is 1.85 bits per heavy atom. The Balaban J connectivity index is 2.43. The molecule has 2 atom stereocenters. The number of allylic oxidation sites excluding steroid dienone is 2. The molecule has 2 amide bonds. The lowest BCUT2D eigenvalue weighted by atomic mass is 9.66. The average molecular weight is 270 g/mol. The van der Waals surface area contributed by atoms with E-state index in [0.717, 1.165) is 5.56 Å². The summed E-state index contributed by atoms with van der Waals surface area (Å²) < 4.78 is 0. The molecule has 4 heteroatoms. The van der Waals surface area contributed by atoms with Gasteiger partial charge in [-0.05, 0) is 17.9 Å². The molecule has 0 aromatic heterocycles. The number of hydrogen-bond acceptors (Lipinski definition) is 2. The standard InChI is InChI=1S/C16H18N2O2/c1-11(12-6-3-2-4-7-12)16(15(18)20)9-5-8-13(10-16)14(17)19/h2-9,11H,10H2,1H3,(H2,17,19)(H2,18,20). The van der Waals surface area contributed by atoms with E-state index in [9.17, 15) is 9.59 Å². The first-order valence-electron chi connectivity index (χ1n) is 6.50. The van der Waals surface area contributed by atoms with E-state index in [-0.39, 0.29) is 12.3 Å². The molecule has 1 aliphatic carbocycles. The zero-order valence-corrected chi connectivity index (χ0v) is 11.4. The first kappa shape index (κ1) is 14.1. The maximum Gasteiger partial charge on any atom is 0.244 e. The lowest BCUT2D eigenvalue weighted by Crippen LogP contribution is -2.42. The van der Waals surface area contributed by atoms with Crippen molar-refractivity contribution >= 4 is 11.8 Å². The predicted octanol–water partition coefficient (Wildman–Crippen LogP) is 1.63. The number of primary amides is 2. The Labute approximate surface area is 118 Å². The summed E-state index contributed by atoms with van der Waals surface area (Å²) in [6, 6.07) is 9.64. The Hall–Kier alpha value is -2.36. The summed E-state index contributed by atoms with van der Waals surface area (Å²) in [5.74, 6) is -1.10. The molecule has 0 heterocycles. The second kappa shape index (κ2) is 5.33. The molecule has 104 valence electrons. The number of nitrogens with two attached hydrogens (primary N) is 2. The van der Waals surface area contributed by atoms with Crippen LogP contribution in [0.4, 0.5) is 0 Å². The minimum atomic E-state index is -0.916. The van der Waals surface area contributed by atoms with Crippen molar-refractivity contribution in [1.82, 2.24) is 0 Å². The van der Waals surface area contributed by atoms with E-state index < -0.39 is 17.2 Å². The molecule has 0 saturated carbocycles. The second-order valence-electron chi connectivity index (χ2n) is 5.13. The highest BCUT2D eigenvalue weighted by molar-refractivity contribution is 5.95. The van der Waals surface area contributed by atoms with Gasteiger partial charge in [0.1, 0.15) is 0 Å². The number of carbonyl (C=O) groups excluding carboxylic acids is 2. The summed E-state index contributed by atoms with van der Waals surface area (Å²) in [6.45, 7) is 1.94. The van der Waals surface area contributed by atoms with Crippen LogP contribution in [0, 0.1) is 5.41 Å². The molecule has 0 saturated heterocycles. The molecule has 0 fully saturated rings. The van der Waals surface area contributed by atoms with Crippen LogP contribution in [0.15, 0.2) is 54.1 Å². The largest absolute Gasteiger partial charge is 0.369 e. The van der Waals surface area contributed by atoms with Crippen molar-refractivity contribution in [3.8, 4) is 0 Å². The van der Waals surface area contributed by atoms with Gasteiger partial charge in [0, 0.05) is 5.57 Å². The van der Waals surface area contributed by atoms with Crippen LogP contribution in [0.3, 0.4) is 0 Å². The fraction of sp³-hybridized carbons (Fsp3) is 0.250. The molecule has 0 spiro atoms. The van der Waals surface area contributed by atoms with Gasteiger partial charge in [-0.25, -0.2) is 0 Å². The fourth-order valence-electron chi connectivity index (χ4n) is 2.66. The van der Waals surface area contributed by atoms with Gasteiger partial charge in [0.25, 0.3) is 0 Å². The van der Waals surface area contributed by atoms with Gasteiger partial charge >= 0.3 is 0 Å². The lowest BCUT2D eigenvalue weighted by molar-refractivity contribution is -0.126. The van der Waals surface area contributed by atoms with Gasteiger partial charge in [-0.15, -0.1) is 0 Å². The van der Waals surface area contributed by atoms with Crippen molar-refractivity contribution in [3.05, 3.63) is 59.7 Å². The smallest absolute Gasteiger partial charge is 0.244 e. The third kappa shape index (κ3) is 2.37. The van der Waals surface area contributed by atoms with E-state index >= 15 is 0 Å². The molecule has 0 radical (unpaired) electrons. The lowest BCUT2D eigenvalue weighted by Gasteiger charge is -2.36. The number of rotatable bonds is 4. The normalized spacial score (nSPS) is 22.9. The van der Waals surface area contributed by atoms with Crippen molar-refractivity contribution in [3.63, 3.8) is 0 Å². The summed E-state index contributed by atoms with van der Waals surface area (Å²) >= 11 is 0. The highest BCUT2D eigenvalue weighted by Gasteiger charge is 2.42. The van der Waals surface area contributed by atoms with E-state index in [4.69, 9.17) is 11.5 Å². The van der Waals surface area contributed by atoms with Crippen LogP contribution >= 0.6 is 0 Å². The Kier molecular flexibility index (Phi) is 3.74. The van der Waals surface area contributed by atoms with Crippen LogP contribution in [-0.2, 0) is 9.59 Å². The van der Waals surface area contributed by atoms with Crippen LogP contribution in [0.2, 0.25) is 0 Å². The number of benzene rings is 1. The van der Waals surface area contributed by atoms with Crippen molar-refractivity contribution in [1.29, 1.82) is 0 Å². The predicted molar refractivity (Wildman–Crippen MR) is 77.5 cm³/mol. The van der Waals surface area contributed by atoms with Gasteiger partial charge in [0.15, 0.2) is 0 Å². The molecule has 1 aliphatic rings. The van der Waals surface area contributed by atoms with Gasteiger partial charge in [-0.3, -0.25) is 9.59 Å². The molecule has 2 unspecified atom stereocenters. The first-order chi connectivity index (χ1) is 9.47. The van der Waals surface area contributed by atoms with Crippen molar-refractivity contribution < 1.29 is 9.59 Å². The maximum absolute atomic E-state index is 12.1. The van der Waals surface area contributed by atoms with Gasteiger partial charge in [-0.1, -0.05) is 55.5 Å². The summed E-state index contributed by atoms with van der Waals surface area (Å²) in [6.07, 6.45) is 5.35. The molecule has 2 rings (SSSR count). The molecular formula is C16H18N2O2. The molecule has 1 aromatic rings. The van der Waals surface area contributed by atoms with E-state index in [0.29, 0.717) is 5.57 Å². The van der Waals surface area contributed by atoms with Crippen molar-refractivity contribution in [2.45, 2.75) is 19.3 Å². The minimum absolute atomic E-state index is 0.138. The molecule has 4 nitrogen and oxygen atoms in total. The van der Waals surface area contributed by atoms with Crippen LogP contribution in [0.25, 0.3) is 0 Å². The summed E-state index contributed by atoms with van der Waals surface area (Å²) in [7, 11) is 0. The second-order valence-corrected chi connectivity index (χ2v) is 5.13. The van der Waals surface area contributed by atoms with Gasteiger partial charge in [0.2, 0.25) is 11.8 Å². The van der Waals surface area contributed by atoms with Gasteiger partial charge in [-0.2, -0.15) is 0 Å². The highest BCUT2D eigenvalue weighted by atomic mass is 16.1. The average Bonchev–Trinajstić information content (AvgIpc) is 2.47. The van der Waals surface area contributed by atoms with Crippen molar-refractivity contribution in [2.75, 3.05) is 0 Å². The third-order valence-electron chi connectivity index (χ3n) is 4.02. The number of amides is 2. The van der Waals surface area contributed by atoms with E-state index in [1.807, 2.05) is 37.3 Å². The monoisotopic (exact) mass is 270 g/mol. The summed E-state index contributed by atoms with van der Waals surface area (Å²) in [5, 5.41) is 0. The van der Waals surface area contributed by atoms with Crippen LogP contribution in [0.1, 0.15) is 24.8 Å². The fourth-order valence-corrected chi connectivity index (χ4v) is 2.66. The Morgan fingerprint density at radius 1 is 1.20 bits per heavy atom. The third-order valence-corrected chi connectivity index (χ3v) is 4.02. The summed E-state index contributed by atoms with van der Waals surface area (Å²) in [5.41, 5.74) is 11.5. The van der Waals surface area contributed by atoms with E-state index in [1.165, 1.54) is 0 Å². The van der Waals surface area contributed by atoms with E-state index in [2.05, 4.69) is 0 Å². The zero-order valence-electron chi connectivity index (χ0n) is 11.4. The minimum Gasteiger partial charge on any atom is -0.369 e. The number of hydrogen-bond donors (Lipinski definition) is 2. The van der Waals surface area contributed by atoms with Crippen LogP contribution in [0.5, 0.6) is 0 Å². The van der Waals surface area contributed by atoms with Crippen molar-refractivity contribution in [2.24, 2.45) is 16.9 Å². The first-order valence-corrected chi connectivity index (χ1v) is 6.50. The van der Waals surface area contributed by atoms with Crippen LogP contribution in [-0.4, -0.2) is 11.8 Å². The topological polar surface area (TPSA) is 86.2 Å². The molecule has 20 heavy (non-hydrogen) atoms. The molecular weight excluding hydrogens is 252 g/mol. The molecule has 4 N–H and O–H groups in total. The highest BCUT2D eigenvalue weighted by Crippen LogP contribution is 2.43. The van der Waals surface area contributed by atoms with Gasteiger partial charge in [0.05, 0.1) is 5.41 Å².